The number of nitrogens with two attached hydrogens (primary N) is 1. The average molecular weight is 257 g/mol. The molecule has 0 aromatic carbocycles. The van der Waals surface area contributed by atoms with Crippen molar-refractivity contribution in [3.05, 3.63) is 0 Å². The molecule has 0 radical (unpaired) electrons. The first-order chi connectivity index (χ1) is 8.23. The summed E-state index contributed by atoms with van der Waals surface area (Å²) in [5, 5.41) is 0. The van der Waals surface area contributed by atoms with E-state index in [0.29, 0.717) is 25.6 Å². The van der Waals surface area contributed by atoms with E-state index in [4.69, 9.17) is 10.5 Å². The van der Waals surface area contributed by atoms with Gasteiger partial charge in [0.2, 0.25) is 5.91 Å². The van der Waals surface area contributed by atoms with Crippen LogP contribution in [0.3, 0.4) is 0 Å². The first kappa shape index (κ1) is 14.8. The standard InChI is InChI=1S/C12H23N3O3/c1-12(2,3)18-11(17)15-7-9(8-15)6-14(4)10(16)5-13/h9H,5-8,13H2,1-4H3. The molecule has 2 amide bonds. The van der Waals surface area contributed by atoms with Crippen molar-refractivity contribution < 1.29 is 14.3 Å². The Kier molecular flexibility index (Phi) is 4.56. The highest BCUT2D eigenvalue weighted by molar-refractivity contribution is 5.77. The van der Waals surface area contributed by atoms with Gasteiger partial charge in [-0.1, -0.05) is 0 Å². The second kappa shape index (κ2) is 5.56. The normalized spacial score (nSPS) is 16.2. The molecule has 6 nitrogen and oxygen atoms in total. The van der Waals surface area contributed by atoms with Crippen molar-refractivity contribution in [1.29, 1.82) is 0 Å². The number of likely N-dealkylation sites (tertiary alicyclic amines) is 1. The van der Waals surface area contributed by atoms with Crippen molar-refractivity contribution in [3.63, 3.8) is 0 Å². The molecule has 0 aromatic rings. The van der Waals surface area contributed by atoms with Crippen LogP contribution < -0.4 is 5.73 Å². The Labute approximate surface area is 108 Å². The molecule has 104 valence electrons. The number of hydrogen-bond acceptors (Lipinski definition) is 4. The van der Waals surface area contributed by atoms with Crippen molar-refractivity contribution in [2.75, 3.05) is 33.2 Å². The minimum atomic E-state index is -0.464. The van der Waals surface area contributed by atoms with E-state index in [2.05, 4.69) is 0 Å². The van der Waals surface area contributed by atoms with E-state index in [-0.39, 0.29) is 18.5 Å². The Balaban J connectivity index is 2.28. The number of nitrogens with zero attached hydrogens (tertiary/aromatic N) is 2. The van der Waals surface area contributed by atoms with Crippen LogP contribution in [-0.4, -0.2) is 60.6 Å². The van der Waals surface area contributed by atoms with Gasteiger partial charge in [0.25, 0.3) is 0 Å². The second-order valence-electron chi connectivity index (χ2n) is 5.73. The van der Waals surface area contributed by atoms with Crippen LogP contribution >= 0.6 is 0 Å². The number of carbonyl (C=O) groups excluding carboxylic acids is 2. The molecule has 1 saturated heterocycles. The van der Waals surface area contributed by atoms with E-state index in [1.807, 2.05) is 20.8 Å². The highest BCUT2D eigenvalue weighted by Gasteiger charge is 2.34. The summed E-state index contributed by atoms with van der Waals surface area (Å²) in [7, 11) is 1.73. The third-order valence-corrected chi connectivity index (χ3v) is 2.74. The highest BCUT2D eigenvalue weighted by Crippen LogP contribution is 2.20. The van der Waals surface area contributed by atoms with Crippen LogP contribution in [0.2, 0.25) is 0 Å². The van der Waals surface area contributed by atoms with Crippen LogP contribution in [0.5, 0.6) is 0 Å². The molecule has 0 saturated carbocycles. The molecule has 0 unspecified atom stereocenters. The Morgan fingerprint density at radius 1 is 1.39 bits per heavy atom. The molecule has 0 aromatic heterocycles. The van der Waals surface area contributed by atoms with Crippen LogP contribution in [-0.2, 0) is 9.53 Å². The van der Waals surface area contributed by atoms with E-state index in [1.165, 1.54) is 0 Å². The van der Waals surface area contributed by atoms with Gasteiger partial charge in [0, 0.05) is 32.6 Å². The van der Waals surface area contributed by atoms with E-state index in [1.54, 1.807) is 16.8 Å². The maximum Gasteiger partial charge on any atom is 0.410 e. The van der Waals surface area contributed by atoms with Crippen LogP contribution in [0.25, 0.3) is 0 Å². The molecule has 1 aliphatic rings. The minimum Gasteiger partial charge on any atom is -0.444 e. The zero-order valence-electron chi connectivity index (χ0n) is 11.6. The maximum atomic E-state index is 11.7. The molecule has 0 aliphatic carbocycles. The van der Waals surface area contributed by atoms with Crippen molar-refractivity contribution in [2.45, 2.75) is 26.4 Å². The number of amides is 2. The zero-order valence-corrected chi connectivity index (χ0v) is 11.6. The Morgan fingerprint density at radius 3 is 2.39 bits per heavy atom. The van der Waals surface area contributed by atoms with E-state index < -0.39 is 5.60 Å². The lowest BCUT2D eigenvalue weighted by Crippen LogP contribution is -2.55. The van der Waals surface area contributed by atoms with Crippen LogP contribution in [0, 0.1) is 5.92 Å². The van der Waals surface area contributed by atoms with E-state index in [0.717, 1.165) is 0 Å². The summed E-state index contributed by atoms with van der Waals surface area (Å²) < 4.78 is 5.25. The molecule has 0 atom stereocenters. The summed E-state index contributed by atoms with van der Waals surface area (Å²) in [6, 6.07) is 0. The van der Waals surface area contributed by atoms with Gasteiger partial charge in [0.15, 0.2) is 0 Å². The third kappa shape index (κ3) is 4.18. The van der Waals surface area contributed by atoms with Gasteiger partial charge in [0.1, 0.15) is 5.60 Å². The molecular weight excluding hydrogens is 234 g/mol. The van der Waals surface area contributed by atoms with Gasteiger partial charge in [-0.15, -0.1) is 0 Å². The number of likely N-dealkylation sites (N-methyl/N-ethyl adjacent to an activating group) is 1. The molecule has 0 bridgehead atoms. The fourth-order valence-corrected chi connectivity index (χ4v) is 1.81. The lowest BCUT2D eigenvalue weighted by molar-refractivity contribution is -0.129. The van der Waals surface area contributed by atoms with Gasteiger partial charge in [-0.2, -0.15) is 0 Å². The smallest absolute Gasteiger partial charge is 0.410 e. The van der Waals surface area contributed by atoms with Crippen LogP contribution in [0.4, 0.5) is 4.79 Å². The first-order valence-corrected chi connectivity index (χ1v) is 6.15. The quantitative estimate of drug-likeness (QED) is 0.787. The van der Waals surface area contributed by atoms with Crippen LogP contribution in [0.15, 0.2) is 0 Å². The number of ether oxygens (including phenoxy) is 1. The number of rotatable bonds is 3. The summed E-state index contributed by atoms with van der Waals surface area (Å²) in [5.41, 5.74) is 4.81. The molecule has 1 rings (SSSR count). The van der Waals surface area contributed by atoms with Crippen molar-refractivity contribution >= 4 is 12.0 Å². The second-order valence-corrected chi connectivity index (χ2v) is 5.73. The number of hydrogen-bond donors (Lipinski definition) is 1. The van der Waals surface area contributed by atoms with Crippen molar-refractivity contribution in [3.8, 4) is 0 Å². The Hall–Kier alpha value is -1.30. The summed E-state index contributed by atoms with van der Waals surface area (Å²) in [6.07, 6.45) is -0.286. The number of carbonyl (C=O) groups is 2. The summed E-state index contributed by atoms with van der Waals surface area (Å²) in [4.78, 5) is 26.2. The Morgan fingerprint density at radius 2 is 1.94 bits per heavy atom. The minimum absolute atomic E-state index is 0.0268. The van der Waals surface area contributed by atoms with E-state index >= 15 is 0 Å². The maximum absolute atomic E-state index is 11.7. The lowest BCUT2D eigenvalue weighted by atomic mass is 10.0. The van der Waals surface area contributed by atoms with Gasteiger partial charge in [-0.25, -0.2) is 4.79 Å². The molecule has 1 aliphatic heterocycles. The van der Waals surface area contributed by atoms with Crippen LogP contribution in [0.1, 0.15) is 20.8 Å². The fourth-order valence-electron chi connectivity index (χ4n) is 1.81. The van der Waals surface area contributed by atoms with Gasteiger partial charge in [-0.05, 0) is 20.8 Å². The lowest BCUT2D eigenvalue weighted by Gasteiger charge is -2.41. The monoisotopic (exact) mass is 257 g/mol. The molecule has 2 N–H and O–H groups in total. The zero-order chi connectivity index (χ0) is 13.9. The summed E-state index contributed by atoms with van der Waals surface area (Å²) >= 11 is 0. The summed E-state index contributed by atoms with van der Waals surface area (Å²) in [6.45, 7) is 7.46. The average Bonchev–Trinajstić information content (AvgIpc) is 2.18. The third-order valence-electron chi connectivity index (χ3n) is 2.74. The van der Waals surface area contributed by atoms with Crippen molar-refractivity contribution in [2.24, 2.45) is 11.7 Å². The van der Waals surface area contributed by atoms with Gasteiger partial charge in [0.05, 0.1) is 6.54 Å². The molecule has 0 spiro atoms. The first-order valence-electron chi connectivity index (χ1n) is 6.15. The molecule has 6 heteroatoms. The largest absolute Gasteiger partial charge is 0.444 e. The topological polar surface area (TPSA) is 75.9 Å². The van der Waals surface area contributed by atoms with E-state index in [9.17, 15) is 9.59 Å². The molecule has 1 fully saturated rings. The Bertz CT molecular complexity index is 319. The van der Waals surface area contributed by atoms with Gasteiger partial charge < -0.3 is 20.3 Å². The molecule has 1 heterocycles. The van der Waals surface area contributed by atoms with Gasteiger partial charge in [-0.3, -0.25) is 4.79 Å². The SMILES string of the molecule is CN(CC1CN(C(=O)OC(C)(C)C)C1)C(=O)CN. The fraction of sp³-hybridized carbons (Fsp3) is 0.833. The molecule has 18 heavy (non-hydrogen) atoms. The summed E-state index contributed by atoms with van der Waals surface area (Å²) in [5.74, 6) is 0.240. The van der Waals surface area contributed by atoms with Crippen molar-refractivity contribution in [1.82, 2.24) is 9.80 Å². The van der Waals surface area contributed by atoms with Gasteiger partial charge >= 0.3 is 6.09 Å². The molecular formula is C12H23N3O3. The predicted octanol–water partition coefficient (Wildman–Crippen LogP) is 0.270. The highest BCUT2D eigenvalue weighted by atomic mass is 16.6. The predicted molar refractivity (Wildman–Crippen MR) is 68.0 cm³/mol.